The Balaban J connectivity index is 2.32. The highest BCUT2D eigenvalue weighted by molar-refractivity contribution is 7.92. The molecule has 2 N–H and O–H groups in total. The Morgan fingerprint density at radius 2 is 1.81 bits per heavy atom. The molecule has 0 bridgehead atoms. The van der Waals surface area contributed by atoms with E-state index in [1.54, 1.807) is 0 Å². The van der Waals surface area contributed by atoms with Gasteiger partial charge >= 0.3 is 6.36 Å². The van der Waals surface area contributed by atoms with Crippen molar-refractivity contribution in [1.82, 2.24) is 0 Å². The molecule has 2 rings (SSSR count). The number of ether oxygens (including phenoxy) is 1. The number of alkyl halides is 3. The first-order chi connectivity index (χ1) is 12.0. The molecule has 0 fully saturated rings. The molecule has 0 atom stereocenters. The van der Waals surface area contributed by atoms with E-state index in [1.807, 2.05) is 0 Å². The lowest BCUT2D eigenvalue weighted by Gasteiger charge is -2.15. The number of sulfonamides is 1. The van der Waals surface area contributed by atoms with Crippen molar-refractivity contribution in [3.05, 3.63) is 47.5 Å². The Bertz CT molecular complexity index is 933. The fourth-order valence-electron chi connectivity index (χ4n) is 1.96. The maximum absolute atomic E-state index is 12.4. The first kappa shape index (κ1) is 19.9. The van der Waals surface area contributed by atoms with Crippen LogP contribution in [0.3, 0.4) is 0 Å². The molecule has 0 aliphatic carbocycles. The maximum atomic E-state index is 12.4. The molecule has 0 radical (unpaired) electrons. The van der Waals surface area contributed by atoms with Gasteiger partial charge in [-0.1, -0.05) is 23.7 Å². The molecule has 0 aliphatic rings. The molecular weight excluding hydrogens is 397 g/mol. The van der Waals surface area contributed by atoms with Gasteiger partial charge in [-0.3, -0.25) is 9.52 Å². The Morgan fingerprint density at radius 3 is 2.38 bits per heavy atom. The molecule has 2 aromatic carbocycles. The number of hydrogen-bond donors (Lipinski definition) is 2. The third-order valence-corrected chi connectivity index (χ3v) is 4.63. The predicted molar refractivity (Wildman–Crippen MR) is 89.7 cm³/mol. The van der Waals surface area contributed by atoms with Crippen molar-refractivity contribution < 1.29 is 31.1 Å². The molecule has 0 aromatic heterocycles. The highest BCUT2D eigenvalue weighted by atomic mass is 35.5. The number of carbonyl (C=O) groups excluding carboxylic acids is 1. The van der Waals surface area contributed by atoms with Crippen LogP contribution >= 0.6 is 11.6 Å². The molecule has 1 amide bonds. The third kappa shape index (κ3) is 5.27. The molecule has 0 aliphatic heterocycles. The van der Waals surface area contributed by atoms with Gasteiger partial charge in [0.25, 0.3) is 10.0 Å². The quantitative estimate of drug-likeness (QED) is 0.783. The van der Waals surface area contributed by atoms with Crippen LogP contribution in [0.2, 0.25) is 5.02 Å². The normalized spacial score (nSPS) is 11.7. The number of hydrogen-bond acceptors (Lipinski definition) is 4. The van der Waals surface area contributed by atoms with Gasteiger partial charge in [0.1, 0.15) is 10.6 Å². The van der Waals surface area contributed by atoms with E-state index in [0.717, 1.165) is 12.1 Å². The van der Waals surface area contributed by atoms with Crippen LogP contribution in [0.15, 0.2) is 47.4 Å². The summed E-state index contributed by atoms with van der Waals surface area (Å²) in [5, 5.41) is 2.48. The van der Waals surface area contributed by atoms with Crippen molar-refractivity contribution in [1.29, 1.82) is 0 Å². The zero-order valence-electron chi connectivity index (χ0n) is 13.1. The molecule has 6 nitrogen and oxygen atoms in total. The second kappa shape index (κ2) is 7.42. The smallest absolute Gasteiger partial charge is 0.404 e. The highest BCUT2D eigenvalue weighted by Gasteiger charge is 2.34. The van der Waals surface area contributed by atoms with Crippen LogP contribution in [0.1, 0.15) is 6.92 Å². The van der Waals surface area contributed by atoms with E-state index in [-0.39, 0.29) is 22.3 Å². The Morgan fingerprint density at radius 1 is 1.15 bits per heavy atom. The fourth-order valence-corrected chi connectivity index (χ4v) is 3.37. The van der Waals surface area contributed by atoms with Crippen molar-refractivity contribution in [2.45, 2.75) is 18.2 Å². The Labute approximate surface area is 152 Å². The summed E-state index contributed by atoms with van der Waals surface area (Å²) in [4.78, 5) is 10.3. The van der Waals surface area contributed by atoms with Gasteiger partial charge in [-0.05, 0) is 30.3 Å². The lowest BCUT2D eigenvalue weighted by atomic mass is 10.3. The number of halogens is 4. The SMILES string of the molecule is CC(=O)Nc1ccc(NS(=O)(=O)c2ccccc2OC(F)(F)F)cc1Cl. The van der Waals surface area contributed by atoms with E-state index < -0.39 is 27.0 Å². The summed E-state index contributed by atoms with van der Waals surface area (Å²) in [6.45, 7) is 1.27. The number of amides is 1. The first-order valence-electron chi connectivity index (χ1n) is 6.93. The Hall–Kier alpha value is -2.46. The zero-order valence-corrected chi connectivity index (χ0v) is 14.7. The summed E-state index contributed by atoms with van der Waals surface area (Å²) in [5.41, 5.74) is 0.244. The Kier molecular flexibility index (Phi) is 5.67. The van der Waals surface area contributed by atoms with Crippen molar-refractivity contribution in [2.24, 2.45) is 0 Å². The lowest BCUT2D eigenvalue weighted by Crippen LogP contribution is -2.20. The summed E-state index contributed by atoms with van der Waals surface area (Å²) in [6, 6.07) is 8.16. The summed E-state index contributed by atoms with van der Waals surface area (Å²) in [6.07, 6.45) is -5.05. The van der Waals surface area contributed by atoms with Gasteiger partial charge in [0.05, 0.1) is 16.4 Å². The second-order valence-electron chi connectivity index (χ2n) is 4.98. The van der Waals surface area contributed by atoms with Gasteiger partial charge in [0, 0.05) is 6.92 Å². The highest BCUT2D eigenvalue weighted by Crippen LogP contribution is 2.32. The second-order valence-corrected chi connectivity index (χ2v) is 7.03. The van der Waals surface area contributed by atoms with Crippen LogP contribution in [0, 0.1) is 0 Å². The van der Waals surface area contributed by atoms with E-state index in [1.165, 1.54) is 37.3 Å². The van der Waals surface area contributed by atoms with Gasteiger partial charge in [0.15, 0.2) is 0 Å². The van der Waals surface area contributed by atoms with Crippen LogP contribution in [0.5, 0.6) is 5.75 Å². The predicted octanol–water partition coefficient (Wildman–Crippen LogP) is 4.00. The lowest BCUT2D eigenvalue weighted by molar-refractivity contribution is -0.275. The molecule has 140 valence electrons. The van der Waals surface area contributed by atoms with Crippen molar-refractivity contribution in [3.63, 3.8) is 0 Å². The van der Waals surface area contributed by atoms with Gasteiger partial charge in [0.2, 0.25) is 5.91 Å². The molecule has 11 heteroatoms. The molecular formula is C15H12ClF3N2O4S. The third-order valence-electron chi connectivity index (χ3n) is 2.90. The summed E-state index contributed by atoms with van der Waals surface area (Å²) >= 11 is 5.94. The van der Waals surface area contributed by atoms with Crippen molar-refractivity contribution >= 4 is 38.9 Å². The summed E-state index contributed by atoms with van der Waals surface area (Å²) < 4.78 is 68.0. The maximum Gasteiger partial charge on any atom is 0.573 e. The average Bonchev–Trinajstić information content (AvgIpc) is 2.48. The van der Waals surface area contributed by atoms with Crippen LogP contribution < -0.4 is 14.8 Å². The van der Waals surface area contributed by atoms with Crippen LogP contribution in [-0.4, -0.2) is 20.7 Å². The topological polar surface area (TPSA) is 84.5 Å². The van der Waals surface area contributed by atoms with E-state index in [9.17, 15) is 26.4 Å². The van der Waals surface area contributed by atoms with E-state index in [0.29, 0.717) is 0 Å². The standard InChI is InChI=1S/C15H12ClF3N2O4S/c1-9(22)20-12-7-6-10(8-11(12)16)21-26(23,24)14-5-3-2-4-13(14)25-15(17,18)19/h2-8,21H,1H3,(H,20,22). The minimum atomic E-state index is -5.05. The largest absolute Gasteiger partial charge is 0.573 e. The monoisotopic (exact) mass is 408 g/mol. The van der Waals surface area contributed by atoms with Crippen molar-refractivity contribution in [2.75, 3.05) is 10.0 Å². The van der Waals surface area contributed by atoms with Crippen LogP contribution in [-0.2, 0) is 14.8 Å². The molecule has 0 spiro atoms. The number of nitrogens with one attached hydrogen (secondary N) is 2. The zero-order chi connectivity index (χ0) is 19.5. The first-order valence-corrected chi connectivity index (χ1v) is 8.79. The van der Waals surface area contributed by atoms with Gasteiger partial charge in [-0.25, -0.2) is 8.42 Å². The van der Waals surface area contributed by atoms with E-state index in [2.05, 4.69) is 14.8 Å². The molecule has 0 heterocycles. The molecule has 0 saturated carbocycles. The van der Waals surface area contributed by atoms with Crippen LogP contribution in [0.25, 0.3) is 0 Å². The van der Waals surface area contributed by atoms with Crippen LogP contribution in [0.4, 0.5) is 24.5 Å². The van der Waals surface area contributed by atoms with Gasteiger partial charge in [-0.15, -0.1) is 13.2 Å². The van der Waals surface area contributed by atoms with Gasteiger partial charge in [-0.2, -0.15) is 0 Å². The number of carbonyl (C=O) groups is 1. The fraction of sp³-hybridized carbons (Fsp3) is 0.133. The molecule has 0 saturated heterocycles. The number of benzene rings is 2. The molecule has 0 unspecified atom stereocenters. The molecule has 2 aromatic rings. The van der Waals surface area contributed by atoms with Crippen molar-refractivity contribution in [3.8, 4) is 5.75 Å². The van der Waals surface area contributed by atoms with E-state index in [4.69, 9.17) is 11.6 Å². The minimum Gasteiger partial charge on any atom is -0.404 e. The summed E-state index contributed by atoms with van der Waals surface area (Å²) in [7, 11) is -4.39. The number of para-hydroxylation sites is 1. The van der Waals surface area contributed by atoms with Gasteiger partial charge < -0.3 is 10.1 Å². The minimum absolute atomic E-state index is 0.00841. The molecule has 26 heavy (non-hydrogen) atoms. The van der Waals surface area contributed by atoms with E-state index >= 15 is 0 Å². The average molecular weight is 409 g/mol. The summed E-state index contributed by atoms with van der Waals surface area (Å²) in [5.74, 6) is -1.24. The number of rotatable bonds is 5. The number of anilines is 2.